The summed E-state index contributed by atoms with van der Waals surface area (Å²) in [5, 5.41) is 12.2. The molecule has 2 atom stereocenters. The molecule has 0 saturated carbocycles. The Labute approximate surface area is 146 Å². The summed E-state index contributed by atoms with van der Waals surface area (Å²) in [5.41, 5.74) is 2.17. The van der Waals surface area contributed by atoms with Gasteiger partial charge in [0, 0.05) is 25.8 Å². The summed E-state index contributed by atoms with van der Waals surface area (Å²) in [5.74, 6) is 0. The van der Waals surface area contributed by atoms with Gasteiger partial charge in [0.05, 0.1) is 11.6 Å². The molecule has 1 fully saturated rings. The number of β-amino-alcohol motifs (C(OH)–C–C–N with tert-alkyl or cyclic N) is 1. The van der Waals surface area contributed by atoms with E-state index in [4.69, 9.17) is 0 Å². The van der Waals surface area contributed by atoms with Crippen LogP contribution in [0.3, 0.4) is 0 Å². The minimum Gasteiger partial charge on any atom is -0.389 e. The Morgan fingerprint density at radius 3 is 2.29 bits per heavy atom. The first-order valence-corrected chi connectivity index (χ1v) is 8.43. The van der Waals surface area contributed by atoms with Gasteiger partial charge in [-0.2, -0.15) is 0 Å². The van der Waals surface area contributed by atoms with Crippen molar-refractivity contribution in [2.75, 3.05) is 25.0 Å². The van der Waals surface area contributed by atoms with Gasteiger partial charge in [-0.3, -0.25) is 0 Å². The molecule has 0 aromatic heterocycles. The Hall–Kier alpha value is -1.65. The van der Waals surface area contributed by atoms with Crippen LogP contribution in [0.1, 0.15) is 39.7 Å². The third-order valence-corrected chi connectivity index (χ3v) is 4.15. The predicted molar refractivity (Wildman–Crippen MR) is 102 cm³/mol. The van der Waals surface area contributed by atoms with Crippen LogP contribution >= 0.6 is 0 Å². The van der Waals surface area contributed by atoms with Crippen molar-refractivity contribution in [3.63, 3.8) is 0 Å². The maximum Gasteiger partial charge on any atom is 0.137 e. The van der Waals surface area contributed by atoms with Crippen molar-refractivity contribution in [3.8, 4) is 0 Å². The van der Waals surface area contributed by atoms with E-state index in [9.17, 15) is 9.90 Å². The Morgan fingerprint density at radius 2 is 1.96 bits per heavy atom. The van der Waals surface area contributed by atoms with E-state index in [0.717, 1.165) is 12.8 Å². The van der Waals surface area contributed by atoms with Gasteiger partial charge in [-0.1, -0.05) is 39.0 Å². The number of hydrogen-bond acceptors (Lipinski definition) is 4. The van der Waals surface area contributed by atoms with E-state index in [1.807, 2.05) is 6.08 Å². The van der Waals surface area contributed by atoms with Gasteiger partial charge >= 0.3 is 0 Å². The van der Waals surface area contributed by atoms with Gasteiger partial charge < -0.3 is 20.1 Å². The maximum atomic E-state index is 10.1. The van der Waals surface area contributed by atoms with Crippen molar-refractivity contribution in [1.82, 2.24) is 5.32 Å². The fourth-order valence-corrected chi connectivity index (χ4v) is 2.58. The molecule has 1 aromatic rings. The number of carbonyl (C=O) groups is 1. The quantitative estimate of drug-likeness (QED) is 0.657. The number of benzene rings is 1. The fraction of sp³-hybridized carbons (Fsp3) is 0.550. The fourth-order valence-electron chi connectivity index (χ4n) is 2.58. The van der Waals surface area contributed by atoms with Crippen LogP contribution in [0.25, 0.3) is 0 Å². The monoisotopic (exact) mass is 332 g/mol. The molecule has 0 aliphatic carbocycles. The molecule has 1 heterocycles. The number of hydrogen-bond donors (Lipinski definition) is 2. The number of aldehydes is 1. The van der Waals surface area contributed by atoms with Crippen molar-refractivity contribution in [2.45, 2.75) is 51.2 Å². The molecular weight excluding hydrogens is 300 g/mol. The normalized spacial score (nSPS) is 23.2. The summed E-state index contributed by atoms with van der Waals surface area (Å²) in [4.78, 5) is 12.3. The third-order valence-electron chi connectivity index (χ3n) is 4.15. The van der Waals surface area contributed by atoms with Crippen LogP contribution in [0.4, 0.5) is 5.69 Å². The summed E-state index contributed by atoms with van der Waals surface area (Å²) < 4.78 is 0. The molecule has 2 rings (SSSR count). The maximum absolute atomic E-state index is 10.1. The second-order valence-corrected chi connectivity index (χ2v) is 7.79. The van der Waals surface area contributed by atoms with Crippen molar-refractivity contribution >= 4 is 12.0 Å². The minimum atomic E-state index is -0.675. The lowest BCUT2D eigenvalue weighted by Gasteiger charge is -2.22. The molecule has 0 spiro atoms. The van der Waals surface area contributed by atoms with E-state index in [2.05, 4.69) is 68.9 Å². The Balaban J connectivity index is 0.000000272. The number of likely N-dealkylation sites (N-methyl/N-ethyl adjacent to an activating group) is 1. The number of rotatable bonds is 4. The van der Waals surface area contributed by atoms with Crippen LogP contribution in [0.5, 0.6) is 0 Å². The Kier molecular flexibility index (Phi) is 7.18. The molecule has 1 unspecified atom stereocenters. The molecule has 0 radical (unpaired) electrons. The molecule has 1 saturated heterocycles. The highest BCUT2D eigenvalue weighted by Gasteiger charge is 2.31. The van der Waals surface area contributed by atoms with E-state index in [-0.39, 0.29) is 11.5 Å². The molecule has 0 bridgehead atoms. The molecule has 4 heteroatoms. The highest BCUT2D eigenvalue weighted by atomic mass is 16.3. The minimum absolute atomic E-state index is 0.139. The van der Waals surface area contributed by atoms with E-state index < -0.39 is 5.60 Å². The molecular formula is C20H32N2O2. The molecule has 4 nitrogen and oxygen atoms in total. The summed E-state index contributed by atoms with van der Waals surface area (Å²) in [6, 6.07) is 8.61. The summed E-state index contributed by atoms with van der Waals surface area (Å²) in [6.45, 7) is 13.6. The van der Waals surface area contributed by atoms with Crippen LogP contribution < -0.4 is 10.2 Å². The number of aliphatic hydroxyl groups is 1. The summed E-state index contributed by atoms with van der Waals surface area (Å²) >= 11 is 0. The highest BCUT2D eigenvalue weighted by Crippen LogP contribution is 2.24. The summed E-state index contributed by atoms with van der Waals surface area (Å²) in [6.07, 6.45) is 3.29. The standard InChI is InChI=1S/C14H21N.C6H11NO2/c1-6-11-15(5)13-9-7-12(8-10-13)14(2,3)4;1-6(9)2-5(3-8)7-4-6/h6-10H,1,11H2,2-5H3;3,5,7,9H,2,4H2,1H3/t;5?,6-/m.1/s1. The highest BCUT2D eigenvalue weighted by molar-refractivity contribution is 5.58. The molecule has 1 aliphatic heterocycles. The second-order valence-electron chi connectivity index (χ2n) is 7.79. The van der Waals surface area contributed by atoms with Crippen molar-refractivity contribution < 1.29 is 9.90 Å². The van der Waals surface area contributed by atoms with Gasteiger partial charge in [-0.05, 0) is 36.5 Å². The largest absolute Gasteiger partial charge is 0.389 e. The second kappa shape index (κ2) is 8.45. The first kappa shape index (κ1) is 20.4. The average Bonchev–Trinajstić information content (AvgIpc) is 2.87. The lowest BCUT2D eigenvalue weighted by atomic mass is 9.87. The lowest BCUT2D eigenvalue weighted by Crippen LogP contribution is -2.26. The smallest absolute Gasteiger partial charge is 0.137 e. The number of nitrogens with one attached hydrogen (secondary N) is 1. The van der Waals surface area contributed by atoms with Crippen LogP contribution in [0.15, 0.2) is 36.9 Å². The van der Waals surface area contributed by atoms with Crippen molar-refractivity contribution in [1.29, 1.82) is 0 Å². The van der Waals surface area contributed by atoms with Gasteiger partial charge in [0.1, 0.15) is 6.29 Å². The van der Waals surface area contributed by atoms with Gasteiger partial charge in [0.2, 0.25) is 0 Å². The Bertz CT molecular complexity index is 530. The number of carbonyl (C=O) groups excluding carboxylic acids is 1. The number of anilines is 1. The molecule has 24 heavy (non-hydrogen) atoms. The van der Waals surface area contributed by atoms with Crippen LogP contribution in [0, 0.1) is 0 Å². The zero-order valence-electron chi connectivity index (χ0n) is 15.7. The first-order chi connectivity index (χ1) is 11.1. The molecule has 134 valence electrons. The van der Waals surface area contributed by atoms with E-state index in [1.165, 1.54) is 11.3 Å². The molecule has 2 N–H and O–H groups in total. The molecule has 1 aliphatic rings. The van der Waals surface area contributed by atoms with Gasteiger partial charge in [-0.25, -0.2) is 0 Å². The molecule has 0 amide bonds. The van der Waals surface area contributed by atoms with Gasteiger partial charge in [-0.15, -0.1) is 6.58 Å². The predicted octanol–water partition coefficient (Wildman–Crippen LogP) is 2.90. The third kappa shape index (κ3) is 6.46. The van der Waals surface area contributed by atoms with E-state index in [1.54, 1.807) is 6.92 Å². The zero-order valence-corrected chi connectivity index (χ0v) is 15.7. The van der Waals surface area contributed by atoms with Gasteiger partial charge in [0.15, 0.2) is 0 Å². The topological polar surface area (TPSA) is 52.6 Å². The molecule has 1 aromatic carbocycles. The average molecular weight is 332 g/mol. The van der Waals surface area contributed by atoms with Crippen molar-refractivity contribution in [3.05, 3.63) is 42.5 Å². The number of nitrogens with zero attached hydrogens (tertiary/aromatic N) is 1. The van der Waals surface area contributed by atoms with Crippen LogP contribution in [0.2, 0.25) is 0 Å². The zero-order chi connectivity index (χ0) is 18.4. The van der Waals surface area contributed by atoms with E-state index >= 15 is 0 Å². The Morgan fingerprint density at radius 1 is 1.38 bits per heavy atom. The first-order valence-electron chi connectivity index (χ1n) is 8.43. The van der Waals surface area contributed by atoms with Crippen molar-refractivity contribution in [2.24, 2.45) is 0 Å². The SMILES string of the molecule is C=CCN(C)c1ccc(C(C)(C)C)cc1.C[C@]1(O)CNC(C=O)C1. The van der Waals surface area contributed by atoms with E-state index in [0.29, 0.717) is 13.0 Å². The summed E-state index contributed by atoms with van der Waals surface area (Å²) in [7, 11) is 2.08. The lowest BCUT2D eigenvalue weighted by molar-refractivity contribution is -0.109. The van der Waals surface area contributed by atoms with Crippen LogP contribution in [-0.2, 0) is 10.2 Å². The van der Waals surface area contributed by atoms with Gasteiger partial charge in [0.25, 0.3) is 0 Å². The van der Waals surface area contributed by atoms with Crippen LogP contribution in [-0.4, -0.2) is 43.2 Å².